The van der Waals surface area contributed by atoms with Crippen molar-refractivity contribution in [2.45, 2.75) is 5.09 Å². The summed E-state index contributed by atoms with van der Waals surface area (Å²) in [7, 11) is 0. The molecule has 0 aliphatic rings. The van der Waals surface area contributed by atoms with Gasteiger partial charge in [-0.05, 0) is 6.26 Å². The predicted octanol–water partition coefficient (Wildman–Crippen LogP) is 3.72. The van der Waals surface area contributed by atoms with Gasteiger partial charge in [-0.1, -0.05) is 58.9 Å². The minimum atomic E-state index is 0.587. The summed E-state index contributed by atoms with van der Waals surface area (Å²) in [5.74, 6) is 0. The third-order valence-corrected chi connectivity index (χ3v) is 2.95. The zero-order valence-corrected chi connectivity index (χ0v) is 9.10. The first-order valence-corrected chi connectivity index (χ1v) is 5.68. The maximum absolute atomic E-state index is 6.08. The van der Waals surface area contributed by atoms with E-state index in [0.29, 0.717) is 15.8 Å². The molecule has 0 fully saturated rings. The molecule has 1 aromatic carbocycles. The second kappa shape index (κ2) is 4.07. The Morgan fingerprint density at radius 3 is 2.57 bits per heavy atom. The third kappa shape index (κ3) is 1.65. The lowest BCUT2D eigenvalue weighted by Crippen LogP contribution is -1.76. The summed E-state index contributed by atoms with van der Waals surface area (Å²) in [6.07, 6.45) is 1.90. The lowest BCUT2D eigenvalue weighted by molar-refractivity contribution is 0.352. The molecule has 0 radical (unpaired) electrons. The first-order chi connectivity index (χ1) is 6.83. The van der Waals surface area contributed by atoms with Gasteiger partial charge in [-0.2, -0.15) is 0 Å². The van der Waals surface area contributed by atoms with Gasteiger partial charge in [-0.15, -0.1) is 0 Å². The van der Waals surface area contributed by atoms with Crippen LogP contribution in [0.5, 0.6) is 0 Å². The molecule has 4 heteroatoms. The molecule has 0 saturated heterocycles. The van der Waals surface area contributed by atoms with Crippen LogP contribution in [0.3, 0.4) is 0 Å². The molecule has 0 spiro atoms. The number of thioether (sulfide) groups is 1. The Hall–Kier alpha value is -0.930. The highest BCUT2D eigenvalue weighted by Gasteiger charge is 2.13. The van der Waals surface area contributed by atoms with Crippen molar-refractivity contribution in [3.63, 3.8) is 0 Å². The molecule has 2 nitrogen and oxygen atoms in total. The van der Waals surface area contributed by atoms with Crippen LogP contribution in [0.2, 0.25) is 5.02 Å². The van der Waals surface area contributed by atoms with Gasteiger partial charge in [0.05, 0.1) is 0 Å². The molecule has 0 N–H and O–H groups in total. The van der Waals surface area contributed by atoms with Crippen LogP contribution in [0, 0.1) is 0 Å². The lowest BCUT2D eigenvalue weighted by Gasteiger charge is -1.94. The number of aromatic nitrogens is 1. The van der Waals surface area contributed by atoms with Crippen molar-refractivity contribution < 1.29 is 4.52 Å². The normalized spacial score (nSPS) is 10.4. The van der Waals surface area contributed by atoms with E-state index in [9.17, 15) is 0 Å². The van der Waals surface area contributed by atoms with E-state index in [0.717, 1.165) is 5.56 Å². The van der Waals surface area contributed by atoms with Gasteiger partial charge in [0.1, 0.15) is 10.7 Å². The maximum Gasteiger partial charge on any atom is 0.212 e. The molecule has 0 bridgehead atoms. The van der Waals surface area contributed by atoms with Crippen LogP contribution < -0.4 is 0 Å². The molecule has 2 rings (SSSR count). The molecule has 0 aliphatic carbocycles. The van der Waals surface area contributed by atoms with Crippen LogP contribution in [0.4, 0.5) is 0 Å². The molecule has 0 aliphatic heterocycles. The van der Waals surface area contributed by atoms with Gasteiger partial charge in [0.2, 0.25) is 5.09 Å². The van der Waals surface area contributed by atoms with Gasteiger partial charge in [0.25, 0.3) is 0 Å². The van der Waals surface area contributed by atoms with Crippen molar-refractivity contribution in [2.24, 2.45) is 0 Å². The molecule has 2 aromatic rings. The SMILES string of the molecule is CSc1onc(-c2ccccc2)c1Cl. The van der Waals surface area contributed by atoms with E-state index in [4.69, 9.17) is 16.1 Å². The van der Waals surface area contributed by atoms with Gasteiger partial charge in [-0.3, -0.25) is 0 Å². The zero-order chi connectivity index (χ0) is 9.97. The predicted molar refractivity (Wildman–Crippen MR) is 58.7 cm³/mol. The Morgan fingerprint density at radius 2 is 2.00 bits per heavy atom. The Kier molecular flexibility index (Phi) is 2.79. The minimum Gasteiger partial charge on any atom is -0.348 e. The van der Waals surface area contributed by atoms with Crippen LogP contribution in [-0.4, -0.2) is 11.4 Å². The van der Waals surface area contributed by atoms with Crippen LogP contribution in [0.1, 0.15) is 0 Å². The summed E-state index contributed by atoms with van der Waals surface area (Å²) in [4.78, 5) is 0. The van der Waals surface area contributed by atoms with Gasteiger partial charge < -0.3 is 4.52 Å². The number of rotatable bonds is 2. The summed E-state index contributed by atoms with van der Waals surface area (Å²) >= 11 is 7.53. The molecule has 0 amide bonds. The molecule has 1 aromatic heterocycles. The summed E-state index contributed by atoms with van der Waals surface area (Å²) in [6, 6.07) is 9.74. The number of benzene rings is 1. The molecule has 0 saturated carbocycles. The Labute approximate surface area is 91.2 Å². The zero-order valence-electron chi connectivity index (χ0n) is 7.53. The standard InChI is InChI=1S/C10H8ClNOS/c1-14-10-8(11)9(12-13-10)7-5-3-2-4-6-7/h2-6H,1H3. The third-order valence-electron chi connectivity index (χ3n) is 1.84. The van der Waals surface area contributed by atoms with E-state index in [2.05, 4.69) is 5.16 Å². The first-order valence-electron chi connectivity index (χ1n) is 4.07. The average molecular weight is 226 g/mol. The Balaban J connectivity index is 2.48. The van der Waals surface area contributed by atoms with Crippen LogP contribution in [0.25, 0.3) is 11.3 Å². The van der Waals surface area contributed by atoms with E-state index in [1.807, 2.05) is 36.6 Å². The van der Waals surface area contributed by atoms with E-state index in [1.165, 1.54) is 11.8 Å². The van der Waals surface area contributed by atoms with Crippen molar-refractivity contribution >= 4 is 23.4 Å². The maximum atomic E-state index is 6.08. The number of halogens is 1. The fourth-order valence-corrected chi connectivity index (χ4v) is 1.96. The topological polar surface area (TPSA) is 26.0 Å². The monoisotopic (exact) mass is 225 g/mol. The first kappa shape index (κ1) is 9.62. The van der Waals surface area contributed by atoms with Crippen LogP contribution in [-0.2, 0) is 0 Å². The van der Waals surface area contributed by atoms with Gasteiger partial charge >= 0.3 is 0 Å². The second-order valence-electron chi connectivity index (χ2n) is 2.70. The molecular formula is C10H8ClNOS. The largest absolute Gasteiger partial charge is 0.348 e. The number of hydrogen-bond donors (Lipinski definition) is 0. The lowest BCUT2D eigenvalue weighted by atomic mass is 10.2. The van der Waals surface area contributed by atoms with E-state index >= 15 is 0 Å². The average Bonchev–Trinajstić information content (AvgIpc) is 2.61. The Bertz CT molecular complexity index is 427. The minimum absolute atomic E-state index is 0.587. The molecule has 0 unspecified atom stereocenters. The quantitative estimate of drug-likeness (QED) is 0.729. The summed E-state index contributed by atoms with van der Waals surface area (Å²) in [5, 5.41) is 5.17. The van der Waals surface area contributed by atoms with Crippen molar-refractivity contribution in [3.8, 4) is 11.3 Å². The highest BCUT2D eigenvalue weighted by molar-refractivity contribution is 7.98. The van der Waals surface area contributed by atoms with Crippen LogP contribution >= 0.6 is 23.4 Å². The summed E-state index contributed by atoms with van der Waals surface area (Å²) in [5.41, 5.74) is 1.68. The summed E-state index contributed by atoms with van der Waals surface area (Å²) in [6.45, 7) is 0. The molecule has 0 atom stereocenters. The molecule has 1 heterocycles. The molecule has 14 heavy (non-hydrogen) atoms. The number of nitrogens with zero attached hydrogens (tertiary/aromatic N) is 1. The van der Waals surface area contributed by atoms with E-state index < -0.39 is 0 Å². The molecule has 72 valence electrons. The van der Waals surface area contributed by atoms with Crippen molar-refractivity contribution in [1.29, 1.82) is 0 Å². The fourth-order valence-electron chi connectivity index (χ4n) is 1.17. The van der Waals surface area contributed by atoms with Crippen molar-refractivity contribution in [1.82, 2.24) is 5.16 Å². The highest BCUT2D eigenvalue weighted by Crippen LogP contribution is 2.34. The highest BCUT2D eigenvalue weighted by atomic mass is 35.5. The second-order valence-corrected chi connectivity index (χ2v) is 3.86. The van der Waals surface area contributed by atoms with Gasteiger partial charge in [0, 0.05) is 5.56 Å². The fraction of sp³-hybridized carbons (Fsp3) is 0.100. The van der Waals surface area contributed by atoms with Crippen molar-refractivity contribution in [2.75, 3.05) is 6.26 Å². The van der Waals surface area contributed by atoms with Gasteiger partial charge in [-0.25, -0.2) is 0 Å². The smallest absolute Gasteiger partial charge is 0.212 e. The van der Waals surface area contributed by atoms with Gasteiger partial charge in [0.15, 0.2) is 0 Å². The Morgan fingerprint density at radius 1 is 1.29 bits per heavy atom. The van der Waals surface area contributed by atoms with E-state index in [-0.39, 0.29) is 0 Å². The van der Waals surface area contributed by atoms with E-state index in [1.54, 1.807) is 0 Å². The van der Waals surface area contributed by atoms with Crippen LogP contribution in [0.15, 0.2) is 39.9 Å². The van der Waals surface area contributed by atoms with Crippen molar-refractivity contribution in [3.05, 3.63) is 35.4 Å². The summed E-state index contributed by atoms with van der Waals surface area (Å²) < 4.78 is 5.08. The number of hydrogen-bond acceptors (Lipinski definition) is 3. The molecular weight excluding hydrogens is 218 g/mol.